The molecule has 11 heteroatoms. The van der Waals surface area contributed by atoms with Crippen molar-refractivity contribution in [1.82, 2.24) is 10.2 Å². The maximum Gasteiger partial charge on any atom is 0.255 e. The molecule has 1 aromatic carbocycles. The molecule has 4 aliphatic rings. The molecule has 0 bridgehead atoms. The SMILES string of the molecule is C[C@H]1[C@H]2C(=C(O)c3c(ccc(NC4CC(C)(C)NC(C)(C)C4)c3O)[C@@H]2C)C(=O)[C@]2(O)C(O)=C(C(N)=O)C(=O)[C@@H](N(C)C)[C@H]12. The number of benzene rings is 1. The molecule has 8 N–H and O–H groups in total. The molecule has 1 aromatic rings. The van der Waals surface area contributed by atoms with Gasteiger partial charge in [0.25, 0.3) is 5.91 Å². The zero-order chi connectivity index (χ0) is 32.1. The van der Waals surface area contributed by atoms with Gasteiger partial charge in [0, 0.05) is 34.5 Å². The summed E-state index contributed by atoms with van der Waals surface area (Å²) in [5, 5.41) is 53.5. The lowest BCUT2D eigenvalue weighted by Gasteiger charge is -2.54. The molecule has 0 unspecified atom stereocenters. The second kappa shape index (κ2) is 9.80. The number of likely N-dealkylation sites (N-methyl/N-ethyl adjacent to an activating group) is 1. The Bertz CT molecular complexity index is 1480. The molecule has 11 nitrogen and oxygen atoms in total. The van der Waals surface area contributed by atoms with E-state index in [9.17, 15) is 34.8 Å². The number of aliphatic hydroxyl groups is 3. The number of aromatic hydroxyl groups is 1. The fourth-order valence-electron chi connectivity index (χ4n) is 8.86. The molecule has 3 aliphatic carbocycles. The first-order valence-corrected chi connectivity index (χ1v) is 14.8. The van der Waals surface area contributed by atoms with E-state index in [1.165, 1.54) is 4.90 Å². The van der Waals surface area contributed by atoms with E-state index in [-0.39, 0.29) is 34.0 Å². The predicted molar refractivity (Wildman–Crippen MR) is 161 cm³/mol. The van der Waals surface area contributed by atoms with Gasteiger partial charge in [-0.15, -0.1) is 0 Å². The van der Waals surface area contributed by atoms with Crippen molar-refractivity contribution in [2.75, 3.05) is 19.4 Å². The van der Waals surface area contributed by atoms with Gasteiger partial charge in [0.1, 0.15) is 22.8 Å². The number of carbonyl (C=O) groups is 3. The van der Waals surface area contributed by atoms with E-state index < -0.39 is 69.9 Å². The Kier molecular flexibility index (Phi) is 7.07. The van der Waals surface area contributed by atoms with Crippen molar-refractivity contribution in [1.29, 1.82) is 0 Å². The highest BCUT2D eigenvalue weighted by atomic mass is 16.3. The molecule has 0 radical (unpaired) electrons. The van der Waals surface area contributed by atoms with Gasteiger partial charge in [0.2, 0.25) is 5.78 Å². The van der Waals surface area contributed by atoms with E-state index in [1.807, 2.05) is 13.0 Å². The Labute approximate surface area is 251 Å². The van der Waals surface area contributed by atoms with Crippen LogP contribution >= 0.6 is 0 Å². The predicted octanol–water partition coefficient (Wildman–Crippen LogP) is 2.49. The molecular weight excluding hydrogens is 552 g/mol. The van der Waals surface area contributed by atoms with E-state index >= 15 is 0 Å². The number of Topliss-reactive ketones (excluding diaryl/α,β-unsaturated/α-hetero) is 2. The Hall–Kier alpha value is -3.41. The van der Waals surface area contributed by atoms with Crippen LogP contribution in [0.2, 0.25) is 0 Å². The molecule has 6 atom stereocenters. The third kappa shape index (κ3) is 4.46. The van der Waals surface area contributed by atoms with Crippen molar-refractivity contribution in [2.45, 2.75) is 89.1 Å². The average Bonchev–Trinajstić information content (AvgIpc) is 2.85. The second-order valence-electron chi connectivity index (χ2n) is 14.5. The lowest BCUT2D eigenvalue weighted by atomic mass is 9.51. The first kappa shape index (κ1) is 31.0. The van der Waals surface area contributed by atoms with Gasteiger partial charge in [-0.3, -0.25) is 19.3 Å². The molecule has 5 rings (SSSR count). The second-order valence-corrected chi connectivity index (χ2v) is 14.5. The quantitative estimate of drug-likeness (QED) is 0.201. The lowest BCUT2D eigenvalue weighted by Crippen LogP contribution is -2.68. The van der Waals surface area contributed by atoms with Crippen LogP contribution in [0.15, 0.2) is 29.0 Å². The third-order valence-corrected chi connectivity index (χ3v) is 10.1. The summed E-state index contributed by atoms with van der Waals surface area (Å²) in [6.07, 6.45) is 1.56. The number of primary amides is 1. The largest absolute Gasteiger partial charge is 0.508 e. The number of hydrogen-bond donors (Lipinski definition) is 7. The van der Waals surface area contributed by atoms with Crippen molar-refractivity contribution >= 4 is 28.9 Å². The number of hydrogen-bond acceptors (Lipinski definition) is 10. The van der Waals surface area contributed by atoms with Crippen molar-refractivity contribution in [3.05, 3.63) is 40.2 Å². The van der Waals surface area contributed by atoms with Crippen LogP contribution in [-0.4, -0.2) is 85.7 Å². The number of nitrogens with zero attached hydrogens (tertiary/aromatic N) is 1. The number of nitrogens with one attached hydrogen (secondary N) is 2. The third-order valence-electron chi connectivity index (χ3n) is 10.1. The number of aliphatic hydroxyl groups excluding tert-OH is 2. The molecular formula is C32H44N4O7. The minimum atomic E-state index is -2.69. The van der Waals surface area contributed by atoms with Gasteiger partial charge in [0.05, 0.1) is 17.3 Å². The normalized spacial score (nSPS) is 33.7. The summed E-state index contributed by atoms with van der Waals surface area (Å²) in [5.74, 6) is -7.73. The Morgan fingerprint density at radius 1 is 1.05 bits per heavy atom. The van der Waals surface area contributed by atoms with E-state index in [4.69, 9.17) is 5.73 Å². The van der Waals surface area contributed by atoms with Crippen molar-refractivity contribution < 1.29 is 34.8 Å². The molecule has 1 saturated carbocycles. The first-order chi connectivity index (χ1) is 19.7. The number of rotatable bonds is 4. The van der Waals surface area contributed by atoms with Crippen molar-refractivity contribution in [3.8, 4) is 5.75 Å². The smallest absolute Gasteiger partial charge is 0.255 e. The number of piperidine rings is 1. The fourth-order valence-corrected chi connectivity index (χ4v) is 8.86. The summed E-state index contributed by atoms with van der Waals surface area (Å²) >= 11 is 0. The van der Waals surface area contributed by atoms with E-state index in [2.05, 4.69) is 38.3 Å². The molecule has 1 amide bonds. The Balaban J connectivity index is 1.66. The lowest BCUT2D eigenvalue weighted by molar-refractivity contribution is -0.160. The first-order valence-electron chi connectivity index (χ1n) is 14.8. The number of fused-ring (bicyclic) bond motifs is 3. The van der Waals surface area contributed by atoms with Gasteiger partial charge in [-0.05, 0) is 78.1 Å². The van der Waals surface area contributed by atoms with Crippen molar-refractivity contribution in [3.63, 3.8) is 0 Å². The summed E-state index contributed by atoms with van der Waals surface area (Å²) in [7, 11) is 3.17. The monoisotopic (exact) mass is 596 g/mol. The van der Waals surface area contributed by atoms with Crippen LogP contribution < -0.4 is 16.4 Å². The van der Waals surface area contributed by atoms with E-state index in [1.54, 1.807) is 27.1 Å². The Morgan fingerprint density at radius 3 is 2.16 bits per heavy atom. The van der Waals surface area contributed by atoms with Gasteiger partial charge in [-0.2, -0.15) is 0 Å². The molecule has 1 saturated heterocycles. The number of phenolic OH excluding ortho intramolecular Hbond substituents is 1. The number of nitrogens with two attached hydrogens (primary N) is 1. The van der Waals surface area contributed by atoms with Crippen LogP contribution in [0, 0.1) is 17.8 Å². The minimum absolute atomic E-state index is 0.00797. The van der Waals surface area contributed by atoms with Gasteiger partial charge in [0.15, 0.2) is 11.4 Å². The molecule has 0 spiro atoms. The molecule has 43 heavy (non-hydrogen) atoms. The van der Waals surface area contributed by atoms with Gasteiger partial charge < -0.3 is 36.8 Å². The highest BCUT2D eigenvalue weighted by molar-refractivity contribution is 6.24. The highest BCUT2D eigenvalue weighted by Gasteiger charge is 2.67. The van der Waals surface area contributed by atoms with Crippen LogP contribution in [0.25, 0.3) is 5.76 Å². The van der Waals surface area contributed by atoms with Crippen LogP contribution in [0.5, 0.6) is 5.75 Å². The zero-order valence-electron chi connectivity index (χ0n) is 26.1. The van der Waals surface area contributed by atoms with Crippen molar-refractivity contribution in [2.24, 2.45) is 23.5 Å². The average molecular weight is 597 g/mol. The molecule has 2 fully saturated rings. The van der Waals surface area contributed by atoms with Gasteiger partial charge >= 0.3 is 0 Å². The summed E-state index contributed by atoms with van der Waals surface area (Å²) in [6, 6.07) is 2.46. The zero-order valence-corrected chi connectivity index (χ0v) is 26.1. The Morgan fingerprint density at radius 2 is 1.63 bits per heavy atom. The minimum Gasteiger partial charge on any atom is -0.508 e. The maximum atomic E-state index is 14.3. The van der Waals surface area contributed by atoms with Crippen LogP contribution in [-0.2, 0) is 14.4 Å². The number of carbonyl (C=O) groups excluding carboxylic acids is 3. The highest BCUT2D eigenvalue weighted by Crippen LogP contribution is 2.58. The molecule has 1 heterocycles. The number of amides is 1. The number of phenols is 1. The molecule has 0 aromatic heterocycles. The topological polar surface area (TPSA) is 185 Å². The van der Waals surface area contributed by atoms with E-state index in [0.717, 1.165) is 12.8 Å². The summed E-state index contributed by atoms with van der Waals surface area (Å²) in [4.78, 5) is 41.5. The van der Waals surface area contributed by atoms with Gasteiger partial charge in [-0.1, -0.05) is 19.9 Å². The summed E-state index contributed by atoms with van der Waals surface area (Å²) in [6.45, 7) is 12.1. The summed E-state index contributed by atoms with van der Waals surface area (Å²) < 4.78 is 0. The van der Waals surface area contributed by atoms with Crippen LogP contribution in [0.3, 0.4) is 0 Å². The number of ketones is 2. The number of anilines is 1. The molecule has 1 aliphatic heterocycles. The molecule has 234 valence electrons. The summed E-state index contributed by atoms with van der Waals surface area (Å²) in [5.41, 5.74) is 2.54. The van der Waals surface area contributed by atoms with E-state index in [0.29, 0.717) is 11.3 Å². The standard InChI is InChI=1S/C32H44N4O7/c1-13-16-9-10-17(34-15-11-30(3,4)35-31(5,6)12-15)24(37)19(16)25(38)20-18(13)14(2)22-23(36(7)8)26(39)21(29(33)42)28(41)32(22,43)27(20)40/h9-10,13-15,18,22-23,34-35,37-38,41,43H,11-12H2,1-8H3,(H2,33,42)/t13-,14-,18-,22-,23-,32-/m0/s1. The fraction of sp³-hybridized carbons (Fsp3) is 0.594. The maximum absolute atomic E-state index is 14.3. The van der Waals surface area contributed by atoms with Crippen LogP contribution in [0.1, 0.15) is 71.4 Å². The van der Waals surface area contributed by atoms with Crippen LogP contribution in [0.4, 0.5) is 5.69 Å². The van der Waals surface area contributed by atoms with Gasteiger partial charge in [-0.25, -0.2) is 0 Å².